The van der Waals surface area contributed by atoms with Gasteiger partial charge >= 0.3 is 41.8 Å². The molecule has 3 aromatic rings. The van der Waals surface area contributed by atoms with Gasteiger partial charge in [0.05, 0.1) is 39.5 Å². The summed E-state index contributed by atoms with van der Waals surface area (Å²) in [6.07, 6.45) is 3.71. The predicted molar refractivity (Wildman–Crippen MR) is 261 cm³/mol. The number of hydrogen-bond donors (Lipinski definition) is 7. The second-order valence-electron chi connectivity index (χ2n) is 14.0. The van der Waals surface area contributed by atoms with Crippen LogP contribution in [0.4, 0.5) is 0 Å². The number of nitriles is 3. The van der Waals surface area contributed by atoms with E-state index in [0.717, 1.165) is 4.90 Å². The number of nitrogens with one attached hydrogen (secondary N) is 1. The van der Waals surface area contributed by atoms with Crippen molar-refractivity contribution in [2.24, 2.45) is 0 Å². The first-order valence-corrected chi connectivity index (χ1v) is 21.9. The SMILES string of the molecule is CCOC(=O)CN(CC(=O)OCC)C(=O)/C(C#N)=C/c1ccc(O)cc1.CCOC(=O)CNCC(=O)OCC.N#C/C(=C\c1ccc(O)cc1)C(=O)N(CC(=O)O)CC(=O)O.N#C/C(=C\c1ccc(O)cc1)C(=O)O. The maximum absolute atomic E-state index is 12.6. The van der Waals surface area contributed by atoms with Crippen molar-refractivity contribution in [3.05, 3.63) is 106 Å². The average molecular weight is 1040 g/mol. The lowest BCUT2D eigenvalue weighted by Gasteiger charge is -2.20. The molecule has 25 nitrogen and oxygen atoms in total. The molecule has 0 bridgehead atoms. The number of carboxylic acid groups (broad SMARTS) is 3. The average Bonchev–Trinajstić information content (AvgIpc) is 3.35. The van der Waals surface area contributed by atoms with Crippen LogP contribution in [-0.2, 0) is 62.1 Å². The molecule has 0 aliphatic carbocycles. The number of carbonyl (C=O) groups excluding carboxylic acids is 6. The molecule has 0 aromatic heterocycles. The van der Waals surface area contributed by atoms with Crippen LogP contribution in [0.1, 0.15) is 44.4 Å². The Bertz CT molecular complexity index is 2590. The third kappa shape index (κ3) is 29.0. The first-order valence-electron chi connectivity index (χ1n) is 21.9. The molecule has 0 saturated heterocycles. The number of carbonyl (C=O) groups is 9. The maximum Gasteiger partial charge on any atom is 0.346 e. The van der Waals surface area contributed by atoms with Gasteiger partial charge in [0.1, 0.15) is 78.4 Å². The van der Waals surface area contributed by atoms with Crippen LogP contribution >= 0.6 is 0 Å². The van der Waals surface area contributed by atoms with Crippen molar-refractivity contribution >= 4 is 71.8 Å². The standard InChI is InChI=1S/C18H20N2O6.C14H12N2O6.C10H7NO3.C8H15NO4/c1-3-25-16(22)11-20(12-17(23)26-4-2)18(24)14(10-19)9-13-5-7-15(21)8-6-13;15-6-10(5-9-1-3-11(17)4-2-9)14(22)16(7-12(18)19)8-13(20)21;11-6-8(10(13)14)5-7-1-3-9(12)4-2-7;1-3-12-7(10)5-9-6-8(11)13-4-2/h5-9,21H,3-4,11-12H2,1-2H3;1-5,17H,7-8H2,(H,18,19)(H,20,21);1-5,12H,(H,13,14);9H,3-6H2,1-2H3/b14-9+;10-5+;8-5+;. The number of phenolic OH excluding ortho intramolecular Hbond substituents is 3. The van der Waals surface area contributed by atoms with Gasteiger partial charge in [-0.3, -0.25) is 43.7 Å². The van der Waals surface area contributed by atoms with E-state index in [2.05, 4.69) is 14.8 Å². The lowest BCUT2D eigenvalue weighted by molar-refractivity contribution is -0.153. The Hall–Kier alpha value is -10.1. The van der Waals surface area contributed by atoms with E-state index < -0.39 is 73.4 Å². The highest BCUT2D eigenvalue weighted by atomic mass is 16.5. The largest absolute Gasteiger partial charge is 0.508 e. The summed E-state index contributed by atoms with van der Waals surface area (Å²) in [5.41, 5.74) is 0.461. The van der Waals surface area contributed by atoms with Crippen molar-refractivity contribution in [1.29, 1.82) is 15.8 Å². The first-order chi connectivity index (χ1) is 35.6. The quantitative estimate of drug-likeness (QED) is 0.0329. The monoisotopic (exact) mass is 1040 g/mol. The molecule has 3 rings (SSSR count). The molecule has 7 N–H and O–H groups in total. The third-order valence-electron chi connectivity index (χ3n) is 8.29. The number of benzene rings is 3. The summed E-state index contributed by atoms with van der Waals surface area (Å²) in [4.78, 5) is 103. The molecular formula is C50H54N6O19. The minimum absolute atomic E-state index is 0.000338. The Morgan fingerprint density at radius 3 is 0.973 bits per heavy atom. The highest BCUT2D eigenvalue weighted by Gasteiger charge is 2.25. The molecule has 0 unspecified atom stereocenters. The summed E-state index contributed by atoms with van der Waals surface area (Å²) in [6.45, 7) is 5.04. The zero-order valence-electron chi connectivity index (χ0n) is 41.0. The summed E-state index contributed by atoms with van der Waals surface area (Å²) in [6, 6.07) is 22.2. The second kappa shape index (κ2) is 36.8. The van der Waals surface area contributed by atoms with Gasteiger partial charge in [0.2, 0.25) is 0 Å². The topological polar surface area (TPSA) is 402 Å². The number of hydrogen-bond acceptors (Lipinski definition) is 20. The summed E-state index contributed by atoms with van der Waals surface area (Å²) in [5, 5.41) is 82.7. The van der Waals surface area contributed by atoms with E-state index in [1.54, 1.807) is 45.9 Å². The maximum atomic E-state index is 12.6. The van der Waals surface area contributed by atoms with Gasteiger partial charge in [0, 0.05) is 0 Å². The summed E-state index contributed by atoms with van der Waals surface area (Å²) in [5.74, 6) is -7.86. The molecule has 0 aliphatic heterocycles. The first kappa shape index (κ1) is 64.9. The summed E-state index contributed by atoms with van der Waals surface area (Å²) >= 11 is 0. The van der Waals surface area contributed by atoms with Crippen LogP contribution in [0.25, 0.3) is 18.2 Å². The Morgan fingerprint density at radius 1 is 0.453 bits per heavy atom. The van der Waals surface area contributed by atoms with Gasteiger partial charge in [-0.15, -0.1) is 0 Å². The Kier molecular flexibility index (Phi) is 31.9. The van der Waals surface area contributed by atoms with Gasteiger partial charge in [-0.1, -0.05) is 36.4 Å². The van der Waals surface area contributed by atoms with E-state index in [0.29, 0.717) is 34.8 Å². The van der Waals surface area contributed by atoms with Crippen molar-refractivity contribution in [3.63, 3.8) is 0 Å². The van der Waals surface area contributed by atoms with Crippen LogP contribution in [0.2, 0.25) is 0 Å². The molecule has 0 atom stereocenters. The number of aliphatic carboxylic acids is 3. The van der Waals surface area contributed by atoms with E-state index in [4.69, 9.17) is 45.5 Å². The molecular weight excluding hydrogens is 989 g/mol. The number of esters is 4. The number of carboxylic acids is 3. The van der Waals surface area contributed by atoms with Crippen LogP contribution < -0.4 is 5.32 Å². The molecule has 2 amide bonds. The Labute approximate surface area is 429 Å². The molecule has 25 heteroatoms. The molecule has 0 radical (unpaired) electrons. The van der Waals surface area contributed by atoms with Crippen molar-refractivity contribution in [1.82, 2.24) is 15.1 Å². The molecule has 398 valence electrons. The van der Waals surface area contributed by atoms with Crippen molar-refractivity contribution < 1.29 is 92.7 Å². The summed E-state index contributed by atoms with van der Waals surface area (Å²) < 4.78 is 18.8. The zero-order chi connectivity index (χ0) is 56.9. The number of aromatic hydroxyl groups is 3. The van der Waals surface area contributed by atoms with E-state index >= 15 is 0 Å². The van der Waals surface area contributed by atoms with Gasteiger partial charge in [0.25, 0.3) is 11.8 Å². The van der Waals surface area contributed by atoms with Gasteiger partial charge in [0.15, 0.2) is 0 Å². The van der Waals surface area contributed by atoms with Crippen LogP contribution in [0.15, 0.2) is 89.5 Å². The fourth-order valence-corrected chi connectivity index (χ4v) is 5.12. The molecule has 0 fully saturated rings. The molecule has 0 heterocycles. The van der Waals surface area contributed by atoms with Crippen molar-refractivity contribution in [3.8, 4) is 35.5 Å². The fourth-order valence-electron chi connectivity index (χ4n) is 5.12. The molecule has 0 saturated carbocycles. The van der Waals surface area contributed by atoms with E-state index in [-0.39, 0.29) is 66.6 Å². The van der Waals surface area contributed by atoms with Gasteiger partial charge < -0.3 is 59.4 Å². The van der Waals surface area contributed by atoms with Crippen LogP contribution in [0.3, 0.4) is 0 Å². The van der Waals surface area contributed by atoms with Crippen LogP contribution in [0, 0.1) is 34.0 Å². The fraction of sp³-hybridized carbons (Fsp3) is 0.280. The van der Waals surface area contributed by atoms with Crippen molar-refractivity contribution in [2.45, 2.75) is 27.7 Å². The van der Waals surface area contributed by atoms with Gasteiger partial charge in [-0.2, -0.15) is 15.8 Å². The number of nitrogens with zero attached hydrogens (tertiary/aromatic N) is 5. The molecule has 0 aliphatic rings. The molecule has 75 heavy (non-hydrogen) atoms. The smallest absolute Gasteiger partial charge is 0.346 e. The van der Waals surface area contributed by atoms with Gasteiger partial charge in [-0.25, -0.2) is 4.79 Å². The number of ether oxygens (including phenoxy) is 4. The van der Waals surface area contributed by atoms with E-state index in [9.17, 15) is 53.5 Å². The van der Waals surface area contributed by atoms with E-state index in [1.807, 2.05) is 0 Å². The predicted octanol–water partition coefficient (Wildman–Crippen LogP) is 2.64. The summed E-state index contributed by atoms with van der Waals surface area (Å²) in [7, 11) is 0. The minimum atomic E-state index is -1.39. The third-order valence-corrected chi connectivity index (χ3v) is 8.29. The zero-order valence-corrected chi connectivity index (χ0v) is 41.0. The lowest BCUT2D eigenvalue weighted by atomic mass is 10.1. The Balaban J connectivity index is 0.00000101. The highest BCUT2D eigenvalue weighted by Crippen LogP contribution is 2.16. The van der Waals surface area contributed by atoms with Crippen LogP contribution in [-0.4, -0.2) is 160 Å². The lowest BCUT2D eigenvalue weighted by Crippen LogP contribution is -2.41. The van der Waals surface area contributed by atoms with Crippen molar-refractivity contribution in [2.75, 3.05) is 65.7 Å². The minimum Gasteiger partial charge on any atom is -0.508 e. The highest BCUT2D eigenvalue weighted by molar-refractivity contribution is 6.04. The Morgan fingerprint density at radius 2 is 0.720 bits per heavy atom. The number of rotatable bonds is 22. The molecule has 3 aromatic carbocycles. The van der Waals surface area contributed by atoms with E-state index in [1.165, 1.54) is 91.0 Å². The molecule has 0 spiro atoms. The number of phenols is 3. The second-order valence-corrected chi connectivity index (χ2v) is 14.0. The van der Waals surface area contributed by atoms with Gasteiger partial charge in [-0.05, 0) is 99.0 Å². The van der Waals surface area contributed by atoms with Crippen LogP contribution in [0.5, 0.6) is 17.2 Å². The number of amides is 2. The normalized spacial score (nSPS) is 10.4.